The molecule has 0 spiro atoms. The van der Waals surface area contributed by atoms with Crippen molar-refractivity contribution in [3.8, 4) is 0 Å². The van der Waals surface area contributed by atoms with Crippen LogP contribution in [0, 0.1) is 0 Å². The topological polar surface area (TPSA) is 67.6 Å². The van der Waals surface area contributed by atoms with E-state index in [1.807, 2.05) is 42.5 Å². The van der Waals surface area contributed by atoms with Gasteiger partial charge < -0.3 is 15.8 Å². The highest BCUT2D eigenvalue weighted by molar-refractivity contribution is 5.85. The summed E-state index contributed by atoms with van der Waals surface area (Å²) >= 11 is 0. The number of anilines is 1. The first-order chi connectivity index (χ1) is 12.7. The van der Waals surface area contributed by atoms with Crippen LogP contribution in [0.3, 0.4) is 0 Å². The monoisotopic (exact) mass is 425 g/mol. The average Bonchev–Trinajstić information content (AvgIpc) is 2.65. The SMILES string of the molecule is Cl.Cl.Nc1ccc(CC(=O)NC(Cc2ccccc2)CN2CCOCC2)cc1. The molecule has 2 aromatic rings. The number of carbonyl (C=O) groups is 1. The molecule has 28 heavy (non-hydrogen) atoms. The van der Waals surface area contributed by atoms with Crippen molar-refractivity contribution in [1.29, 1.82) is 0 Å². The molecule has 0 radical (unpaired) electrons. The molecule has 2 aromatic carbocycles. The molecule has 1 aliphatic rings. The fourth-order valence-corrected chi connectivity index (χ4v) is 3.25. The van der Waals surface area contributed by atoms with Gasteiger partial charge in [-0.05, 0) is 29.7 Å². The van der Waals surface area contributed by atoms with Gasteiger partial charge >= 0.3 is 0 Å². The third-order valence-corrected chi connectivity index (χ3v) is 4.62. The largest absolute Gasteiger partial charge is 0.399 e. The molecule has 0 bridgehead atoms. The van der Waals surface area contributed by atoms with Gasteiger partial charge in [0.2, 0.25) is 5.91 Å². The molecule has 3 N–H and O–H groups in total. The summed E-state index contributed by atoms with van der Waals surface area (Å²) < 4.78 is 5.43. The lowest BCUT2D eigenvalue weighted by molar-refractivity contribution is -0.121. The molecule has 1 fully saturated rings. The number of carbonyl (C=O) groups excluding carboxylic acids is 1. The normalized spacial score (nSPS) is 15.0. The average molecular weight is 426 g/mol. The Labute approximate surface area is 179 Å². The van der Waals surface area contributed by atoms with E-state index < -0.39 is 0 Å². The first-order valence-corrected chi connectivity index (χ1v) is 9.17. The van der Waals surface area contributed by atoms with Gasteiger partial charge in [0.1, 0.15) is 0 Å². The minimum absolute atomic E-state index is 0. The van der Waals surface area contributed by atoms with Crippen molar-refractivity contribution in [1.82, 2.24) is 10.2 Å². The molecule has 0 aliphatic carbocycles. The second-order valence-electron chi connectivity index (χ2n) is 6.79. The van der Waals surface area contributed by atoms with Crippen LogP contribution in [0.4, 0.5) is 5.69 Å². The van der Waals surface area contributed by atoms with Crippen LogP contribution in [-0.2, 0) is 22.4 Å². The molecule has 154 valence electrons. The van der Waals surface area contributed by atoms with Gasteiger partial charge in [0.05, 0.1) is 19.6 Å². The second-order valence-corrected chi connectivity index (χ2v) is 6.79. The number of nitrogen functional groups attached to an aromatic ring is 1. The number of nitrogens with zero attached hydrogens (tertiary/aromatic N) is 1. The van der Waals surface area contributed by atoms with E-state index in [1.54, 1.807) is 0 Å². The summed E-state index contributed by atoms with van der Waals surface area (Å²) in [6, 6.07) is 17.9. The number of benzene rings is 2. The van der Waals surface area contributed by atoms with Gasteiger partial charge in [0.25, 0.3) is 0 Å². The highest BCUT2D eigenvalue weighted by Crippen LogP contribution is 2.09. The highest BCUT2D eigenvalue weighted by atomic mass is 35.5. The summed E-state index contributed by atoms with van der Waals surface area (Å²) in [5.74, 6) is 0.0453. The Morgan fingerprint density at radius 1 is 1.00 bits per heavy atom. The smallest absolute Gasteiger partial charge is 0.224 e. The zero-order valence-electron chi connectivity index (χ0n) is 15.9. The molecule has 0 aromatic heterocycles. The predicted molar refractivity (Wildman–Crippen MR) is 118 cm³/mol. The molecule has 3 rings (SSSR count). The first kappa shape index (κ1) is 24.2. The Balaban J connectivity index is 0.00000196. The van der Waals surface area contributed by atoms with Crippen molar-refractivity contribution < 1.29 is 9.53 Å². The number of amides is 1. The Bertz CT molecular complexity index is 693. The van der Waals surface area contributed by atoms with Gasteiger partial charge in [-0.1, -0.05) is 42.5 Å². The lowest BCUT2D eigenvalue weighted by Gasteiger charge is -2.31. The van der Waals surface area contributed by atoms with Crippen LogP contribution in [0.5, 0.6) is 0 Å². The number of hydrogen-bond acceptors (Lipinski definition) is 4. The number of hydrogen-bond donors (Lipinski definition) is 2. The lowest BCUT2D eigenvalue weighted by Crippen LogP contribution is -2.48. The Hall–Kier alpha value is -1.79. The molecule has 1 saturated heterocycles. The van der Waals surface area contributed by atoms with Crippen molar-refractivity contribution >= 4 is 36.4 Å². The van der Waals surface area contributed by atoms with Crippen molar-refractivity contribution in [3.63, 3.8) is 0 Å². The maximum atomic E-state index is 12.6. The van der Waals surface area contributed by atoms with Crippen LogP contribution in [0.25, 0.3) is 0 Å². The van der Waals surface area contributed by atoms with Gasteiger partial charge in [-0.2, -0.15) is 0 Å². The van der Waals surface area contributed by atoms with Gasteiger partial charge in [-0.15, -0.1) is 24.8 Å². The van der Waals surface area contributed by atoms with Gasteiger partial charge in [0.15, 0.2) is 0 Å². The standard InChI is InChI=1S/C21H27N3O2.2ClH/c22-19-8-6-18(7-9-19)15-21(25)23-20(14-17-4-2-1-3-5-17)16-24-10-12-26-13-11-24;;/h1-9,20H,10-16,22H2,(H,23,25);2*1H. The summed E-state index contributed by atoms with van der Waals surface area (Å²) in [6.07, 6.45) is 1.19. The van der Waals surface area contributed by atoms with Crippen molar-refractivity contribution in [3.05, 3.63) is 65.7 Å². The van der Waals surface area contributed by atoms with E-state index in [9.17, 15) is 4.79 Å². The lowest BCUT2D eigenvalue weighted by atomic mass is 10.0. The van der Waals surface area contributed by atoms with Crippen LogP contribution >= 0.6 is 24.8 Å². The fraction of sp³-hybridized carbons (Fsp3) is 0.381. The number of nitrogens with two attached hydrogens (primary N) is 1. The summed E-state index contributed by atoms with van der Waals surface area (Å²) in [7, 11) is 0. The molecule has 1 amide bonds. The van der Waals surface area contributed by atoms with Crippen LogP contribution in [0.15, 0.2) is 54.6 Å². The first-order valence-electron chi connectivity index (χ1n) is 9.17. The third-order valence-electron chi connectivity index (χ3n) is 4.62. The van der Waals surface area contributed by atoms with Crippen LogP contribution in [-0.4, -0.2) is 49.7 Å². The quantitative estimate of drug-likeness (QED) is 0.669. The minimum atomic E-state index is 0. The highest BCUT2D eigenvalue weighted by Gasteiger charge is 2.19. The Kier molecular flexibility index (Phi) is 10.9. The maximum Gasteiger partial charge on any atom is 0.224 e. The van der Waals surface area contributed by atoms with E-state index in [-0.39, 0.29) is 36.8 Å². The van der Waals surface area contributed by atoms with Crippen molar-refractivity contribution in [2.45, 2.75) is 18.9 Å². The minimum Gasteiger partial charge on any atom is -0.399 e. The number of nitrogens with one attached hydrogen (secondary N) is 1. The summed E-state index contributed by atoms with van der Waals surface area (Å²) in [5.41, 5.74) is 8.63. The number of ether oxygens (including phenoxy) is 1. The molecule has 1 unspecified atom stereocenters. The molecular formula is C21H29Cl2N3O2. The van der Waals surface area contributed by atoms with Gasteiger partial charge in [0, 0.05) is 31.4 Å². The molecule has 5 nitrogen and oxygen atoms in total. The summed E-state index contributed by atoms with van der Waals surface area (Å²) in [5, 5.41) is 3.22. The summed E-state index contributed by atoms with van der Waals surface area (Å²) in [4.78, 5) is 14.9. The molecular weight excluding hydrogens is 397 g/mol. The number of morpholine rings is 1. The van der Waals surface area contributed by atoms with Crippen LogP contribution < -0.4 is 11.1 Å². The number of rotatable bonds is 7. The van der Waals surface area contributed by atoms with E-state index in [1.165, 1.54) is 5.56 Å². The van der Waals surface area contributed by atoms with Gasteiger partial charge in [-0.3, -0.25) is 9.69 Å². The zero-order valence-corrected chi connectivity index (χ0v) is 17.5. The van der Waals surface area contributed by atoms with Crippen LogP contribution in [0.1, 0.15) is 11.1 Å². The second kappa shape index (κ2) is 12.6. The van der Waals surface area contributed by atoms with E-state index in [2.05, 4.69) is 22.3 Å². The van der Waals surface area contributed by atoms with Crippen LogP contribution in [0.2, 0.25) is 0 Å². The van der Waals surface area contributed by atoms with Gasteiger partial charge in [-0.25, -0.2) is 0 Å². The molecule has 0 saturated carbocycles. The van der Waals surface area contributed by atoms with E-state index in [0.29, 0.717) is 12.1 Å². The molecule has 1 heterocycles. The Morgan fingerprint density at radius 2 is 1.64 bits per heavy atom. The Morgan fingerprint density at radius 3 is 2.29 bits per heavy atom. The predicted octanol–water partition coefficient (Wildman–Crippen LogP) is 2.71. The number of halogens is 2. The molecule has 1 atom stereocenters. The molecule has 1 aliphatic heterocycles. The third kappa shape index (κ3) is 8.07. The maximum absolute atomic E-state index is 12.6. The van der Waals surface area contributed by atoms with Crippen molar-refractivity contribution in [2.24, 2.45) is 0 Å². The van der Waals surface area contributed by atoms with E-state index in [0.717, 1.165) is 44.8 Å². The zero-order chi connectivity index (χ0) is 18.2. The van der Waals surface area contributed by atoms with E-state index in [4.69, 9.17) is 10.5 Å². The van der Waals surface area contributed by atoms with Crippen molar-refractivity contribution in [2.75, 3.05) is 38.6 Å². The molecule has 7 heteroatoms. The fourth-order valence-electron chi connectivity index (χ4n) is 3.25. The summed E-state index contributed by atoms with van der Waals surface area (Å²) in [6.45, 7) is 4.19. The van der Waals surface area contributed by atoms with E-state index >= 15 is 0 Å².